The first-order valence-electron chi connectivity index (χ1n) is 5.03. The van der Waals surface area contributed by atoms with E-state index in [9.17, 15) is 4.79 Å². The van der Waals surface area contributed by atoms with Gasteiger partial charge in [0.15, 0.2) is 5.13 Å². The highest BCUT2D eigenvalue weighted by molar-refractivity contribution is 7.22. The van der Waals surface area contributed by atoms with Gasteiger partial charge >= 0.3 is 0 Å². The monoisotopic (exact) mass is 269 g/mol. The number of aromatic nitrogens is 1. The van der Waals surface area contributed by atoms with Crippen molar-refractivity contribution in [3.8, 4) is 0 Å². The van der Waals surface area contributed by atoms with Gasteiger partial charge < -0.3 is 11.1 Å². The van der Waals surface area contributed by atoms with Gasteiger partial charge in [-0.05, 0) is 26.0 Å². The van der Waals surface area contributed by atoms with Crippen molar-refractivity contribution in [3.63, 3.8) is 0 Å². The fourth-order valence-corrected chi connectivity index (χ4v) is 2.61. The number of benzene rings is 1. The van der Waals surface area contributed by atoms with E-state index in [0.29, 0.717) is 10.2 Å². The van der Waals surface area contributed by atoms with Crippen molar-refractivity contribution < 1.29 is 4.79 Å². The first-order chi connectivity index (χ1) is 7.90. The van der Waals surface area contributed by atoms with Crippen molar-refractivity contribution in [1.29, 1.82) is 0 Å². The van der Waals surface area contributed by atoms with Crippen LogP contribution in [-0.4, -0.2) is 16.4 Å². The molecule has 0 saturated carbocycles. The van der Waals surface area contributed by atoms with Crippen molar-refractivity contribution in [2.45, 2.75) is 19.4 Å². The molecule has 2 aromatic rings. The molecule has 0 bridgehead atoms. The Morgan fingerprint density at radius 3 is 2.82 bits per heavy atom. The topological polar surface area (TPSA) is 68.0 Å². The number of halogens is 1. The molecule has 0 aliphatic heterocycles. The molecule has 90 valence electrons. The Morgan fingerprint density at radius 2 is 2.24 bits per heavy atom. The second-order valence-corrected chi connectivity index (χ2v) is 5.63. The average Bonchev–Trinajstić information content (AvgIpc) is 2.60. The Morgan fingerprint density at radius 1 is 1.53 bits per heavy atom. The maximum atomic E-state index is 11.2. The predicted octanol–water partition coefficient (Wildman–Crippen LogP) is 2.63. The molecule has 0 aliphatic rings. The molecule has 0 atom stereocenters. The highest BCUT2D eigenvalue weighted by atomic mass is 35.5. The highest BCUT2D eigenvalue weighted by Crippen LogP contribution is 2.32. The van der Waals surface area contributed by atoms with Crippen molar-refractivity contribution in [3.05, 3.63) is 23.2 Å². The molecule has 1 heterocycles. The zero-order valence-corrected chi connectivity index (χ0v) is 11.0. The third kappa shape index (κ3) is 2.35. The maximum Gasteiger partial charge on any atom is 0.242 e. The number of anilines is 1. The molecular weight excluding hydrogens is 258 g/mol. The number of nitrogens with zero attached hydrogens (tertiary/aromatic N) is 1. The Hall–Kier alpha value is -1.33. The quantitative estimate of drug-likeness (QED) is 0.900. The lowest BCUT2D eigenvalue weighted by atomic mass is 10.1. The first-order valence-corrected chi connectivity index (χ1v) is 6.23. The summed E-state index contributed by atoms with van der Waals surface area (Å²) in [6.07, 6.45) is 0. The number of nitrogens with two attached hydrogens (primary N) is 1. The van der Waals surface area contributed by atoms with Crippen LogP contribution in [0.5, 0.6) is 0 Å². The fourth-order valence-electron chi connectivity index (χ4n) is 1.30. The van der Waals surface area contributed by atoms with Crippen LogP contribution in [0.15, 0.2) is 18.2 Å². The molecule has 0 fully saturated rings. The van der Waals surface area contributed by atoms with E-state index in [0.717, 1.165) is 10.2 Å². The summed E-state index contributed by atoms with van der Waals surface area (Å²) in [7, 11) is 0. The molecule has 0 aliphatic carbocycles. The SMILES string of the molecule is CC(C)(Nc1nc2cccc(Cl)c2s1)C(N)=O. The number of hydrogen-bond acceptors (Lipinski definition) is 4. The van der Waals surface area contributed by atoms with Crippen LogP contribution in [0.2, 0.25) is 5.02 Å². The molecule has 0 radical (unpaired) electrons. The number of thiazole rings is 1. The molecule has 0 saturated heterocycles. The number of carbonyl (C=O) groups is 1. The van der Waals surface area contributed by atoms with E-state index in [-0.39, 0.29) is 0 Å². The van der Waals surface area contributed by atoms with Gasteiger partial charge in [-0.1, -0.05) is 29.0 Å². The van der Waals surface area contributed by atoms with Crippen molar-refractivity contribution in [2.75, 3.05) is 5.32 Å². The summed E-state index contributed by atoms with van der Waals surface area (Å²) in [5.41, 5.74) is 5.27. The summed E-state index contributed by atoms with van der Waals surface area (Å²) in [6, 6.07) is 5.53. The Labute approximate surface area is 108 Å². The molecule has 0 unspecified atom stereocenters. The smallest absolute Gasteiger partial charge is 0.242 e. The van der Waals surface area contributed by atoms with Crippen LogP contribution >= 0.6 is 22.9 Å². The van der Waals surface area contributed by atoms with Crippen LogP contribution in [-0.2, 0) is 4.79 Å². The molecule has 0 spiro atoms. The largest absolute Gasteiger partial charge is 0.368 e. The summed E-state index contributed by atoms with van der Waals surface area (Å²) in [5.74, 6) is -0.428. The summed E-state index contributed by atoms with van der Waals surface area (Å²) < 4.78 is 0.900. The number of rotatable bonds is 3. The summed E-state index contributed by atoms with van der Waals surface area (Å²) >= 11 is 7.46. The van der Waals surface area contributed by atoms with Gasteiger partial charge in [0.05, 0.1) is 15.2 Å². The number of hydrogen-bond donors (Lipinski definition) is 2. The Bertz CT molecular complexity index is 579. The van der Waals surface area contributed by atoms with E-state index >= 15 is 0 Å². The van der Waals surface area contributed by atoms with Crippen LogP contribution in [0.25, 0.3) is 10.2 Å². The minimum atomic E-state index is -0.833. The van der Waals surface area contributed by atoms with Gasteiger partial charge in [0, 0.05) is 0 Å². The molecule has 2 rings (SSSR count). The van der Waals surface area contributed by atoms with Gasteiger partial charge in [-0.25, -0.2) is 4.98 Å². The molecule has 4 nitrogen and oxygen atoms in total. The van der Waals surface area contributed by atoms with Gasteiger partial charge in [-0.2, -0.15) is 0 Å². The molecule has 1 amide bonds. The van der Waals surface area contributed by atoms with Crippen molar-refractivity contribution >= 4 is 44.2 Å². The minimum Gasteiger partial charge on any atom is -0.368 e. The van der Waals surface area contributed by atoms with E-state index in [1.165, 1.54) is 11.3 Å². The predicted molar refractivity (Wildman–Crippen MR) is 71.5 cm³/mol. The van der Waals surface area contributed by atoms with Crippen LogP contribution in [0.1, 0.15) is 13.8 Å². The van der Waals surface area contributed by atoms with Crippen molar-refractivity contribution in [2.24, 2.45) is 5.73 Å². The Kier molecular flexibility index (Phi) is 2.97. The Balaban J connectivity index is 2.38. The van der Waals surface area contributed by atoms with Gasteiger partial charge in [0.2, 0.25) is 5.91 Å². The summed E-state index contributed by atoms with van der Waals surface area (Å²) in [5, 5.41) is 4.30. The third-order valence-corrected chi connectivity index (χ3v) is 3.85. The van der Waals surface area contributed by atoms with E-state index in [1.54, 1.807) is 13.8 Å². The maximum absolute atomic E-state index is 11.2. The molecule has 6 heteroatoms. The lowest BCUT2D eigenvalue weighted by Gasteiger charge is -2.21. The summed E-state index contributed by atoms with van der Waals surface area (Å²) in [4.78, 5) is 15.6. The fraction of sp³-hybridized carbons (Fsp3) is 0.273. The summed E-state index contributed by atoms with van der Waals surface area (Å²) in [6.45, 7) is 3.42. The number of amides is 1. The van der Waals surface area contributed by atoms with Crippen LogP contribution < -0.4 is 11.1 Å². The zero-order chi connectivity index (χ0) is 12.6. The van der Waals surface area contributed by atoms with Crippen LogP contribution in [0.4, 0.5) is 5.13 Å². The molecule has 1 aromatic heterocycles. The van der Waals surface area contributed by atoms with Gasteiger partial charge in [0.25, 0.3) is 0 Å². The van der Waals surface area contributed by atoms with Crippen LogP contribution in [0.3, 0.4) is 0 Å². The van der Waals surface area contributed by atoms with E-state index in [4.69, 9.17) is 17.3 Å². The number of carbonyl (C=O) groups excluding carboxylic acids is 1. The average molecular weight is 270 g/mol. The second-order valence-electron chi connectivity index (χ2n) is 4.22. The highest BCUT2D eigenvalue weighted by Gasteiger charge is 2.25. The first kappa shape index (κ1) is 12.1. The molecule has 1 aromatic carbocycles. The molecule has 3 N–H and O–H groups in total. The minimum absolute atomic E-state index is 0.428. The van der Waals surface area contributed by atoms with Crippen LogP contribution in [0, 0.1) is 0 Å². The molecule has 17 heavy (non-hydrogen) atoms. The lowest BCUT2D eigenvalue weighted by molar-refractivity contribution is -0.121. The van der Waals surface area contributed by atoms with E-state index in [2.05, 4.69) is 10.3 Å². The second kappa shape index (κ2) is 4.16. The zero-order valence-electron chi connectivity index (χ0n) is 9.45. The lowest BCUT2D eigenvalue weighted by Crippen LogP contribution is -2.44. The van der Waals surface area contributed by atoms with Gasteiger partial charge in [0.1, 0.15) is 5.54 Å². The molecular formula is C11H12ClN3OS. The van der Waals surface area contributed by atoms with Crippen molar-refractivity contribution in [1.82, 2.24) is 4.98 Å². The van der Waals surface area contributed by atoms with E-state index in [1.807, 2.05) is 18.2 Å². The number of nitrogens with one attached hydrogen (secondary N) is 1. The normalized spacial score (nSPS) is 11.7. The van der Waals surface area contributed by atoms with E-state index < -0.39 is 11.4 Å². The number of primary amides is 1. The van der Waals surface area contributed by atoms with Gasteiger partial charge in [-0.15, -0.1) is 0 Å². The van der Waals surface area contributed by atoms with Gasteiger partial charge in [-0.3, -0.25) is 4.79 Å². The third-order valence-electron chi connectivity index (χ3n) is 2.40. The number of fused-ring (bicyclic) bond motifs is 1. The standard InChI is InChI=1S/C11H12ClN3OS/c1-11(2,9(13)16)15-10-14-7-5-3-4-6(12)8(7)17-10/h3-5H,1-2H3,(H2,13,16)(H,14,15).